The van der Waals surface area contributed by atoms with Gasteiger partial charge in [0.2, 0.25) is 5.95 Å². The second-order valence-corrected chi connectivity index (χ2v) is 10.7. The molecule has 11 heteroatoms. The van der Waals surface area contributed by atoms with Crippen LogP contribution in [0.4, 0.5) is 28.5 Å². The second-order valence-electron chi connectivity index (χ2n) is 9.92. The van der Waals surface area contributed by atoms with Crippen molar-refractivity contribution in [2.24, 2.45) is 11.8 Å². The monoisotopic (exact) mass is 506 g/mol. The van der Waals surface area contributed by atoms with Crippen molar-refractivity contribution in [3.8, 4) is 0 Å². The van der Waals surface area contributed by atoms with E-state index in [1.165, 1.54) is 16.5 Å². The molecule has 4 heterocycles. The lowest BCUT2D eigenvalue weighted by molar-refractivity contribution is -0.138. The maximum atomic E-state index is 14.0. The summed E-state index contributed by atoms with van der Waals surface area (Å²) < 4.78 is 61.2. The van der Waals surface area contributed by atoms with E-state index in [4.69, 9.17) is 0 Å². The standard InChI is InChI=1S/C24H26F4N6S/c1-13-9-20(35-32-13)33-11-14-4-5-15(12-33)21(14)29-23-30-22-17(3-2-8-34(22)31-23)18-10-16(25)6-7-19(18)24(26,27)28/h6-7,9-10,14-15,17,21H,2-5,8,11-12H2,1H3,(H,29,31)/t14-,15?,17?,21?/m0/s1. The van der Waals surface area contributed by atoms with Gasteiger partial charge in [-0.2, -0.15) is 22.5 Å². The van der Waals surface area contributed by atoms with Crippen LogP contribution in [0.2, 0.25) is 0 Å². The predicted molar refractivity (Wildman–Crippen MR) is 125 cm³/mol. The molecule has 6 rings (SSSR count). The Morgan fingerprint density at radius 2 is 1.86 bits per heavy atom. The van der Waals surface area contributed by atoms with E-state index in [0.29, 0.717) is 43.0 Å². The van der Waals surface area contributed by atoms with Gasteiger partial charge >= 0.3 is 6.18 Å². The number of nitrogens with one attached hydrogen (secondary N) is 1. The van der Waals surface area contributed by atoms with E-state index < -0.39 is 23.5 Å². The van der Waals surface area contributed by atoms with Gasteiger partial charge in [0.1, 0.15) is 16.6 Å². The Morgan fingerprint density at radius 3 is 2.54 bits per heavy atom. The zero-order valence-electron chi connectivity index (χ0n) is 19.2. The highest BCUT2D eigenvalue weighted by molar-refractivity contribution is 7.10. The van der Waals surface area contributed by atoms with Crippen molar-refractivity contribution >= 4 is 22.5 Å². The van der Waals surface area contributed by atoms with Crippen molar-refractivity contribution in [1.82, 2.24) is 19.1 Å². The average molecular weight is 507 g/mol. The summed E-state index contributed by atoms with van der Waals surface area (Å²) in [4.78, 5) is 7.07. The first-order chi connectivity index (χ1) is 16.8. The van der Waals surface area contributed by atoms with Gasteiger partial charge in [-0.05, 0) is 85.8 Å². The fourth-order valence-corrected chi connectivity index (χ4v) is 6.85. The van der Waals surface area contributed by atoms with E-state index in [1.54, 1.807) is 4.68 Å². The second kappa shape index (κ2) is 8.46. The van der Waals surface area contributed by atoms with Crippen LogP contribution < -0.4 is 10.2 Å². The lowest BCUT2D eigenvalue weighted by Gasteiger charge is -2.38. The number of alkyl halides is 3. The number of aryl methyl sites for hydroxylation is 2. The molecular formula is C24H26F4N6S. The number of rotatable bonds is 4. The topological polar surface area (TPSA) is 58.9 Å². The van der Waals surface area contributed by atoms with Gasteiger partial charge in [-0.25, -0.2) is 9.07 Å². The molecule has 1 saturated heterocycles. The Hall–Kier alpha value is -2.69. The Labute approximate surface area is 204 Å². The van der Waals surface area contributed by atoms with Crippen molar-refractivity contribution in [3.63, 3.8) is 0 Å². The molecule has 0 radical (unpaired) electrons. The van der Waals surface area contributed by atoms with Gasteiger partial charge in [-0.3, -0.25) is 0 Å². The summed E-state index contributed by atoms with van der Waals surface area (Å²) in [6.45, 7) is 4.46. The third kappa shape index (κ3) is 4.17. The minimum absolute atomic E-state index is 0.0642. The number of hydrogen-bond donors (Lipinski definition) is 1. The molecule has 1 aromatic carbocycles. The van der Waals surface area contributed by atoms with Crippen molar-refractivity contribution in [2.45, 2.75) is 57.3 Å². The van der Waals surface area contributed by atoms with Crippen LogP contribution in [0.15, 0.2) is 24.3 Å². The number of benzene rings is 1. The van der Waals surface area contributed by atoms with Crippen LogP contribution in [0, 0.1) is 24.6 Å². The van der Waals surface area contributed by atoms with E-state index in [1.807, 2.05) is 6.92 Å². The molecular weight excluding hydrogens is 480 g/mol. The Kier molecular flexibility index (Phi) is 5.50. The van der Waals surface area contributed by atoms with Gasteiger partial charge in [0.25, 0.3) is 0 Å². The van der Waals surface area contributed by atoms with Crippen LogP contribution in [0.1, 0.15) is 54.2 Å². The van der Waals surface area contributed by atoms with Crippen molar-refractivity contribution in [2.75, 3.05) is 23.3 Å². The molecule has 0 spiro atoms. The first-order valence-electron chi connectivity index (χ1n) is 12.0. The first kappa shape index (κ1) is 22.8. The number of aromatic nitrogens is 4. The third-order valence-electron chi connectivity index (χ3n) is 7.63. The Morgan fingerprint density at radius 1 is 1.09 bits per heavy atom. The molecule has 2 aromatic heterocycles. The lowest BCUT2D eigenvalue weighted by atomic mass is 9.87. The molecule has 2 bridgehead atoms. The maximum absolute atomic E-state index is 14.0. The van der Waals surface area contributed by atoms with Crippen molar-refractivity contribution in [1.29, 1.82) is 0 Å². The Balaban J connectivity index is 1.25. The molecule has 3 aliphatic rings. The summed E-state index contributed by atoms with van der Waals surface area (Å²) >= 11 is 1.53. The fraction of sp³-hybridized carbons (Fsp3) is 0.542. The number of fused-ring (bicyclic) bond motifs is 3. The average Bonchev–Trinajstić information content (AvgIpc) is 3.48. The molecule has 2 aliphatic heterocycles. The highest BCUT2D eigenvalue weighted by Crippen LogP contribution is 2.43. The van der Waals surface area contributed by atoms with Gasteiger partial charge in [0, 0.05) is 31.6 Å². The van der Waals surface area contributed by atoms with Crippen LogP contribution in [0.5, 0.6) is 0 Å². The minimum Gasteiger partial charge on any atom is -0.361 e. The quantitative estimate of drug-likeness (QED) is 0.477. The smallest absolute Gasteiger partial charge is 0.361 e. The summed E-state index contributed by atoms with van der Waals surface area (Å²) in [5.74, 6) is 0.482. The maximum Gasteiger partial charge on any atom is 0.416 e. The normalized spacial score (nSPS) is 26.1. The molecule has 1 saturated carbocycles. The highest BCUT2D eigenvalue weighted by atomic mass is 32.1. The fourth-order valence-electron chi connectivity index (χ4n) is 6.07. The molecule has 3 aromatic rings. The summed E-state index contributed by atoms with van der Waals surface area (Å²) in [6, 6.07) is 5.05. The van der Waals surface area contributed by atoms with E-state index in [-0.39, 0.29) is 11.6 Å². The molecule has 186 valence electrons. The van der Waals surface area contributed by atoms with Crippen LogP contribution in [0.3, 0.4) is 0 Å². The SMILES string of the molecule is Cc1cc(N2CC3CC[C@@H](C2)C3Nc2nc3n(n2)CCCC3c2cc(F)ccc2C(F)(F)F)sn1. The van der Waals surface area contributed by atoms with E-state index >= 15 is 0 Å². The summed E-state index contributed by atoms with van der Waals surface area (Å²) in [6.07, 6.45) is -1.19. The summed E-state index contributed by atoms with van der Waals surface area (Å²) in [5.41, 5.74) is 0.163. The van der Waals surface area contributed by atoms with Crippen LogP contribution >= 0.6 is 11.5 Å². The summed E-state index contributed by atoms with van der Waals surface area (Å²) in [5, 5.41) is 9.34. The third-order valence-corrected chi connectivity index (χ3v) is 8.57. The van der Waals surface area contributed by atoms with E-state index in [2.05, 4.69) is 30.7 Å². The molecule has 3 unspecified atom stereocenters. The Bertz CT molecular complexity index is 1220. The number of halogens is 4. The molecule has 6 nitrogen and oxygen atoms in total. The number of nitrogens with zero attached hydrogens (tertiary/aromatic N) is 5. The van der Waals surface area contributed by atoms with Gasteiger partial charge in [0.05, 0.1) is 11.3 Å². The molecule has 35 heavy (non-hydrogen) atoms. The van der Waals surface area contributed by atoms with Crippen LogP contribution in [-0.4, -0.2) is 38.3 Å². The van der Waals surface area contributed by atoms with Crippen LogP contribution in [0.25, 0.3) is 0 Å². The summed E-state index contributed by atoms with van der Waals surface area (Å²) in [7, 11) is 0. The first-order valence-corrected chi connectivity index (χ1v) is 12.8. The highest BCUT2D eigenvalue weighted by Gasteiger charge is 2.43. The minimum atomic E-state index is -4.56. The zero-order valence-corrected chi connectivity index (χ0v) is 20.0. The molecule has 1 aliphatic carbocycles. The van der Waals surface area contributed by atoms with Gasteiger partial charge < -0.3 is 10.2 Å². The van der Waals surface area contributed by atoms with Crippen molar-refractivity contribution in [3.05, 3.63) is 52.7 Å². The number of piperidine rings is 1. The lowest BCUT2D eigenvalue weighted by Crippen LogP contribution is -2.48. The van der Waals surface area contributed by atoms with Crippen molar-refractivity contribution < 1.29 is 17.6 Å². The largest absolute Gasteiger partial charge is 0.416 e. The molecule has 4 atom stereocenters. The van der Waals surface area contributed by atoms with Crippen LogP contribution in [-0.2, 0) is 12.7 Å². The molecule has 1 N–H and O–H groups in total. The molecule has 0 amide bonds. The van der Waals surface area contributed by atoms with Gasteiger partial charge in [-0.15, -0.1) is 5.10 Å². The van der Waals surface area contributed by atoms with E-state index in [9.17, 15) is 17.6 Å². The number of hydrogen-bond acceptors (Lipinski definition) is 6. The van der Waals surface area contributed by atoms with Gasteiger partial charge in [0.15, 0.2) is 0 Å². The van der Waals surface area contributed by atoms with Gasteiger partial charge in [-0.1, -0.05) is 0 Å². The number of anilines is 2. The van der Waals surface area contributed by atoms with E-state index in [0.717, 1.165) is 49.8 Å². The molecule has 2 fully saturated rings. The predicted octanol–water partition coefficient (Wildman–Crippen LogP) is 5.45. The zero-order chi connectivity index (χ0) is 24.3.